The Bertz CT molecular complexity index is 1210. The number of allylic oxidation sites excluding steroid dienone is 14. The van der Waals surface area contributed by atoms with Gasteiger partial charge in [-0.15, -0.1) is 0 Å². The molecule has 0 saturated carbocycles. The Labute approximate surface area is 389 Å². The summed E-state index contributed by atoms with van der Waals surface area (Å²) in [6, 6.07) is -0.734. The zero-order valence-electron chi connectivity index (χ0n) is 41.2. The molecule has 3 unspecified atom stereocenters. The van der Waals surface area contributed by atoms with Crippen LogP contribution in [-0.4, -0.2) is 46.9 Å². The Morgan fingerprint density at radius 1 is 0.492 bits per heavy atom. The number of carbonyl (C=O) groups excluding carboxylic acids is 2. The molecule has 362 valence electrons. The number of hydrogen-bond donors (Lipinski definition) is 3. The molecular weight excluding hydrogens is 779 g/mol. The van der Waals surface area contributed by atoms with Gasteiger partial charge in [-0.1, -0.05) is 234 Å². The quantitative estimate of drug-likeness (QED) is 0.0245. The first kappa shape index (κ1) is 60.0. The molecule has 0 aromatic rings. The lowest BCUT2D eigenvalue weighted by molar-refractivity contribution is -0.150. The van der Waals surface area contributed by atoms with Crippen molar-refractivity contribution in [1.82, 2.24) is 5.32 Å². The molecule has 0 aliphatic heterocycles. The maximum Gasteiger partial charge on any atom is 0.306 e. The van der Waals surface area contributed by atoms with Crippen LogP contribution in [-0.2, 0) is 14.3 Å². The Morgan fingerprint density at radius 2 is 0.921 bits per heavy atom. The first-order chi connectivity index (χ1) is 31.0. The van der Waals surface area contributed by atoms with Gasteiger partial charge < -0.3 is 20.3 Å². The van der Waals surface area contributed by atoms with E-state index in [0.29, 0.717) is 19.3 Å². The first-order valence-corrected chi connectivity index (χ1v) is 26.3. The van der Waals surface area contributed by atoms with Crippen molar-refractivity contribution >= 4 is 11.9 Å². The minimum Gasteiger partial charge on any atom is -0.462 e. The number of hydrogen-bond acceptors (Lipinski definition) is 5. The van der Waals surface area contributed by atoms with Crippen molar-refractivity contribution in [3.63, 3.8) is 0 Å². The zero-order chi connectivity index (χ0) is 45.9. The van der Waals surface area contributed by atoms with Gasteiger partial charge in [-0.3, -0.25) is 9.59 Å². The molecule has 1 amide bonds. The highest BCUT2D eigenvalue weighted by Crippen LogP contribution is 2.16. The van der Waals surface area contributed by atoms with Gasteiger partial charge in [0.1, 0.15) is 6.10 Å². The molecule has 0 bridgehead atoms. The summed E-state index contributed by atoms with van der Waals surface area (Å²) in [5.41, 5.74) is 0. The summed E-state index contributed by atoms with van der Waals surface area (Å²) < 4.78 is 5.86. The van der Waals surface area contributed by atoms with E-state index in [2.05, 4.69) is 105 Å². The van der Waals surface area contributed by atoms with Gasteiger partial charge in [0.2, 0.25) is 5.91 Å². The van der Waals surface area contributed by atoms with E-state index in [0.717, 1.165) is 70.6 Å². The third-order valence-corrected chi connectivity index (χ3v) is 11.5. The summed E-state index contributed by atoms with van der Waals surface area (Å²) >= 11 is 0. The van der Waals surface area contributed by atoms with Crippen molar-refractivity contribution in [3.8, 4) is 0 Å². The fraction of sp³-hybridized carbons (Fsp3) is 0.719. The standard InChI is InChI=1S/C57H99NO5/c1-4-7-10-13-16-19-22-25-28-29-32-35-38-41-44-47-50-57(62)63-53(48-45-42-39-36-33-30-26-23-20-17-14-11-8-5-2)51-56(61)58-54(52-59)55(60)49-46-43-40-37-34-31-27-24-21-18-15-12-9-6-3/h7,10,16,19,25,28,30,32-33,35-36,39,41,44,53-55,59-60H,4-6,8-9,11-15,17-18,20-24,26-27,29,31,34,37-38,40,42-43,45-52H2,1-3H3,(H,58,61)/b10-7+,19-16+,28-25+,33-30+,35-32+,39-36+,44-41+. The summed E-state index contributed by atoms with van der Waals surface area (Å²) in [7, 11) is 0. The maximum absolute atomic E-state index is 13.2. The zero-order valence-corrected chi connectivity index (χ0v) is 41.2. The minimum absolute atomic E-state index is 0.0115. The Morgan fingerprint density at radius 3 is 1.40 bits per heavy atom. The number of unbranched alkanes of at least 4 members (excludes halogenated alkanes) is 21. The summed E-state index contributed by atoms with van der Waals surface area (Å²) in [4.78, 5) is 26.1. The number of amides is 1. The molecule has 0 rings (SSSR count). The topological polar surface area (TPSA) is 95.9 Å². The highest BCUT2D eigenvalue weighted by molar-refractivity contribution is 5.77. The van der Waals surface area contributed by atoms with Gasteiger partial charge >= 0.3 is 5.97 Å². The number of ether oxygens (including phenoxy) is 1. The molecule has 0 fully saturated rings. The summed E-state index contributed by atoms with van der Waals surface area (Å²) in [5, 5.41) is 23.8. The van der Waals surface area contributed by atoms with E-state index in [1.807, 2.05) is 6.08 Å². The van der Waals surface area contributed by atoms with Crippen molar-refractivity contribution < 1.29 is 24.5 Å². The van der Waals surface area contributed by atoms with Crippen molar-refractivity contribution in [2.45, 2.75) is 257 Å². The van der Waals surface area contributed by atoms with E-state index in [1.54, 1.807) is 0 Å². The van der Waals surface area contributed by atoms with Crippen molar-refractivity contribution in [2.75, 3.05) is 6.61 Å². The molecule has 0 radical (unpaired) electrons. The van der Waals surface area contributed by atoms with Crippen LogP contribution in [0.4, 0.5) is 0 Å². The molecule has 3 atom stereocenters. The molecule has 63 heavy (non-hydrogen) atoms. The SMILES string of the molecule is CC/C=C/C/C=C/C/C=C/C/C=C/C/C=C/CCC(=O)OC(CCC/C=C/C=C/CCCCCCCCC)CC(=O)NC(CO)C(O)CCCCCCCCCCCCCCCC. The fourth-order valence-corrected chi connectivity index (χ4v) is 7.53. The lowest BCUT2D eigenvalue weighted by Crippen LogP contribution is -2.46. The van der Waals surface area contributed by atoms with Crippen molar-refractivity contribution in [2.24, 2.45) is 0 Å². The number of nitrogens with one attached hydrogen (secondary N) is 1. The van der Waals surface area contributed by atoms with Gasteiger partial charge in [0.15, 0.2) is 0 Å². The van der Waals surface area contributed by atoms with E-state index in [-0.39, 0.29) is 31.3 Å². The van der Waals surface area contributed by atoms with Crippen LogP contribution >= 0.6 is 0 Å². The third kappa shape index (κ3) is 45.4. The van der Waals surface area contributed by atoms with Gasteiger partial charge in [-0.2, -0.15) is 0 Å². The summed E-state index contributed by atoms with van der Waals surface area (Å²) in [6.07, 6.45) is 65.1. The van der Waals surface area contributed by atoms with Crippen LogP contribution in [0.3, 0.4) is 0 Å². The Kier molecular flexibility index (Phi) is 47.7. The molecule has 6 nitrogen and oxygen atoms in total. The lowest BCUT2D eigenvalue weighted by atomic mass is 10.0. The normalized spacial score (nSPS) is 13.9. The van der Waals surface area contributed by atoms with Gasteiger partial charge in [0, 0.05) is 6.42 Å². The molecule has 0 heterocycles. The van der Waals surface area contributed by atoms with E-state index >= 15 is 0 Å². The molecule has 0 aromatic carbocycles. The minimum atomic E-state index is -0.815. The predicted molar refractivity (Wildman–Crippen MR) is 273 cm³/mol. The summed E-state index contributed by atoms with van der Waals surface area (Å²) in [5.74, 6) is -0.623. The van der Waals surface area contributed by atoms with E-state index in [1.165, 1.54) is 116 Å². The average Bonchev–Trinajstić information content (AvgIpc) is 3.28. The summed E-state index contributed by atoms with van der Waals surface area (Å²) in [6.45, 7) is 6.33. The second-order valence-corrected chi connectivity index (χ2v) is 17.6. The highest BCUT2D eigenvalue weighted by atomic mass is 16.5. The van der Waals surface area contributed by atoms with Crippen LogP contribution in [0.2, 0.25) is 0 Å². The van der Waals surface area contributed by atoms with Gasteiger partial charge in [0.05, 0.1) is 25.2 Å². The molecule has 0 aliphatic rings. The largest absolute Gasteiger partial charge is 0.462 e. The number of carbonyl (C=O) groups is 2. The predicted octanol–water partition coefficient (Wildman–Crippen LogP) is 16.0. The monoisotopic (exact) mass is 878 g/mol. The molecule has 0 spiro atoms. The molecule has 0 aromatic heterocycles. The van der Waals surface area contributed by atoms with E-state index in [4.69, 9.17) is 4.74 Å². The second kappa shape index (κ2) is 50.0. The number of aliphatic hydroxyl groups is 2. The number of esters is 1. The molecule has 0 saturated heterocycles. The Balaban J connectivity index is 4.75. The molecule has 0 aliphatic carbocycles. The van der Waals surface area contributed by atoms with E-state index < -0.39 is 18.2 Å². The van der Waals surface area contributed by atoms with Gasteiger partial charge in [0.25, 0.3) is 0 Å². The smallest absolute Gasteiger partial charge is 0.306 e. The lowest BCUT2D eigenvalue weighted by Gasteiger charge is -2.24. The van der Waals surface area contributed by atoms with Crippen LogP contribution in [0.1, 0.15) is 239 Å². The molecule has 6 heteroatoms. The maximum atomic E-state index is 13.2. The molecule has 3 N–H and O–H groups in total. The third-order valence-electron chi connectivity index (χ3n) is 11.5. The van der Waals surface area contributed by atoms with Crippen molar-refractivity contribution in [3.05, 3.63) is 85.1 Å². The van der Waals surface area contributed by atoms with Crippen LogP contribution in [0.5, 0.6) is 0 Å². The highest BCUT2D eigenvalue weighted by Gasteiger charge is 2.23. The van der Waals surface area contributed by atoms with Gasteiger partial charge in [-0.05, 0) is 77.0 Å². The first-order valence-electron chi connectivity index (χ1n) is 26.3. The van der Waals surface area contributed by atoms with Crippen LogP contribution < -0.4 is 5.32 Å². The van der Waals surface area contributed by atoms with E-state index in [9.17, 15) is 19.8 Å². The number of aliphatic hydroxyl groups excluding tert-OH is 2. The van der Waals surface area contributed by atoms with Crippen LogP contribution in [0.25, 0.3) is 0 Å². The average molecular weight is 878 g/mol. The van der Waals surface area contributed by atoms with Crippen molar-refractivity contribution in [1.29, 1.82) is 0 Å². The molecular formula is C57H99NO5. The van der Waals surface area contributed by atoms with Crippen LogP contribution in [0, 0.1) is 0 Å². The second-order valence-electron chi connectivity index (χ2n) is 17.6. The number of rotatable bonds is 46. The van der Waals surface area contributed by atoms with Crippen LogP contribution in [0.15, 0.2) is 85.1 Å². The van der Waals surface area contributed by atoms with Gasteiger partial charge in [-0.25, -0.2) is 0 Å². The Hall–Kier alpha value is -2.96. The fourth-order valence-electron chi connectivity index (χ4n) is 7.53.